The van der Waals surface area contributed by atoms with E-state index in [9.17, 15) is 9.50 Å². The lowest BCUT2D eigenvalue weighted by molar-refractivity contribution is 0.199. The van der Waals surface area contributed by atoms with Crippen molar-refractivity contribution in [1.29, 1.82) is 0 Å². The highest BCUT2D eigenvalue weighted by molar-refractivity contribution is 5.68. The number of benzene rings is 2. The zero-order valence-corrected chi connectivity index (χ0v) is 11.4. The summed E-state index contributed by atoms with van der Waals surface area (Å²) >= 11 is 0. The van der Waals surface area contributed by atoms with Crippen LogP contribution in [0.2, 0.25) is 0 Å². The summed E-state index contributed by atoms with van der Waals surface area (Å²) in [5, 5.41) is 9.80. The Labute approximate surface area is 113 Å². The fourth-order valence-corrected chi connectivity index (χ4v) is 2.23. The number of rotatable bonds is 3. The summed E-state index contributed by atoms with van der Waals surface area (Å²) in [6.45, 7) is 3.67. The van der Waals surface area contributed by atoms with Crippen molar-refractivity contribution in [1.82, 2.24) is 0 Å². The largest absolute Gasteiger partial charge is 0.389 e. The topological polar surface area (TPSA) is 23.5 Å². The Morgan fingerprint density at radius 1 is 1.11 bits per heavy atom. The maximum absolute atomic E-state index is 13.3. The zero-order chi connectivity index (χ0) is 14.0. The first-order valence-corrected chi connectivity index (χ1v) is 6.27. The summed E-state index contributed by atoms with van der Waals surface area (Å²) < 4.78 is 13.3. The molecule has 0 saturated heterocycles. The Morgan fingerprint density at radius 3 is 2.42 bits per heavy atom. The van der Waals surface area contributed by atoms with Gasteiger partial charge in [0.2, 0.25) is 0 Å². The third kappa shape index (κ3) is 2.76. The lowest BCUT2D eigenvalue weighted by Crippen LogP contribution is -2.14. The monoisotopic (exact) mass is 259 g/mol. The molecule has 1 unspecified atom stereocenters. The van der Waals surface area contributed by atoms with E-state index in [-0.39, 0.29) is 5.82 Å². The summed E-state index contributed by atoms with van der Waals surface area (Å²) in [5.74, 6) is -0.335. The van der Waals surface area contributed by atoms with E-state index in [0.29, 0.717) is 5.56 Å². The van der Waals surface area contributed by atoms with Crippen molar-refractivity contribution < 1.29 is 9.50 Å². The first-order valence-electron chi connectivity index (χ1n) is 6.27. The van der Waals surface area contributed by atoms with Gasteiger partial charge >= 0.3 is 0 Å². The van der Waals surface area contributed by atoms with E-state index in [4.69, 9.17) is 0 Å². The summed E-state index contributed by atoms with van der Waals surface area (Å²) in [7, 11) is 1.92. The van der Waals surface area contributed by atoms with Crippen LogP contribution in [0, 0.1) is 12.7 Å². The second-order valence-electron chi connectivity index (χ2n) is 4.72. The molecule has 2 aromatic rings. The van der Waals surface area contributed by atoms with Crippen LogP contribution >= 0.6 is 0 Å². The van der Waals surface area contributed by atoms with Crippen LogP contribution in [0.3, 0.4) is 0 Å². The standard InChI is InChI=1S/C16H18FNO/c1-11-6-4-5-7-15(11)18(3)16-9-8-13(17)10-14(16)12(2)19/h4-10,12,19H,1-3H3. The molecule has 0 bridgehead atoms. The minimum Gasteiger partial charge on any atom is -0.389 e. The highest BCUT2D eigenvalue weighted by atomic mass is 19.1. The maximum atomic E-state index is 13.3. The first-order chi connectivity index (χ1) is 9.00. The van der Waals surface area contributed by atoms with Gasteiger partial charge in [0, 0.05) is 24.0 Å². The molecule has 0 amide bonds. The molecular formula is C16H18FNO. The average Bonchev–Trinajstić information content (AvgIpc) is 2.38. The third-order valence-electron chi connectivity index (χ3n) is 3.28. The Balaban J connectivity index is 2.50. The van der Waals surface area contributed by atoms with Crippen molar-refractivity contribution in [3.05, 3.63) is 59.4 Å². The molecule has 3 heteroatoms. The van der Waals surface area contributed by atoms with Crippen molar-refractivity contribution >= 4 is 11.4 Å². The molecule has 0 fully saturated rings. The highest BCUT2D eigenvalue weighted by Crippen LogP contribution is 2.32. The molecule has 0 radical (unpaired) electrons. The predicted molar refractivity (Wildman–Crippen MR) is 76.3 cm³/mol. The van der Waals surface area contributed by atoms with Gasteiger partial charge in [0.1, 0.15) is 5.82 Å². The lowest BCUT2D eigenvalue weighted by atomic mass is 10.1. The van der Waals surface area contributed by atoms with Crippen LogP contribution in [-0.4, -0.2) is 12.2 Å². The van der Waals surface area contributed by atoms with E-state index in [1.165, 1.54) is 12.1 Å². The Kier molecular flexibility index (Phi) is 3.86. The maximum Gasteiger partial charge on any atom is 0.123 e. The van der Waals surface area contributed by atoms with Gasteiger partial charge in [0.05, 0.1) is 6.10 Å². The van der Waals surface area contributed by atoms with Gasteiger partial charge in [0.15, 0.2) is 0 Å². The highest BCUT2D eigenvalue weighted by Gasteiger charge is 2.14. The minimum absolute atomic E-state index is 0.335. The fraction of sp³-hybridized carbons (Fsp3) is 0.250. The number of anilines is 2. The van der Waals surface area contributed by atoms with Crippen molar-refractivity contribution in [3.63, 3.8) is 0 Å². The van der Waals surface area contributed by atoms with Crippen LogP contribution in [0.15, 0.2) is 42.5 Å². The molecule has 1 N–H and O–H groups in total. The number of halogens is 1. The summed E-state index contributed by atoms with van der Waals surface area (Å²) in [4.78, 5) is 1.97. The van der Waals surface area contributed by atoms with Crippen LogP contribution < -0.4 is 4.90 Å². The van der Waals surface area contributed by atoms with Crippen molar-refractivity contribution in [3.8, 4) is 0 Å². The molecule has 1 atom stereocenters. The van der Waals surface area contributed by atoms with Crippen molar-refractivity contribution in [2.75, 3.05) is 11.9 Å². The van der Waals surface area contributed by atoms with Crippen LogP contribution in [-0.2, 0) is 0 Å². The second-order valence-corrected chi connectivity index (χ2v) is 4.72. The van der Waals surface area contributed by atoms with Crippen LogP contribution in [0.1, 0.15) is 24.2 Å². The molecule has 2 rings (SSSR count). The van der Waals surface area contributed by atoms with Gasteiger partial charge in [-0.05, 0) is 43.7 Å². The number of aryl methyl sites for hydroxylation is 1. The zero-order valence-electron chi connectivity index (χ0n) is 11.4. The molecule has 0 spiro atoms. The molecule has 2 aromatic carbocycles. The molecule has 0 aliphatic rings. The molecule has 19 heavy (non-hydrogen) atoms. The van der Waals surface area contributed by atoms with E-state index < -0.39 is 6.10 Å². The van der Waals surface area contributed by atoms with E-state index in [2.05, 4.69) is 0 Å². The van der Waals surface area contributed by atoms with E-state index in [1.807, 2.05) is 43.1 Å². The smallest absolute Gasteiger partial charge is 0.123 e. The number of nitrogens with zero attached hydrogens (tertiary/aromatic N) is 1. The van der Waals surface area contributed by atoms with Gasteiger partial charge in [-0.15, -0.1) is 0 Å². The number of aliphatic hydroxyl groups is 1. The normalized spacial score (nSPS) is 12.3. The van der Waals surface area contributed by atoms with Crippen LogP contribution in [0.5, 0.6) is 0 Å². The molecule has 100 valence electrons. The fourth-order valence-electron chi connectivity index (χ4n) is 2.23. The molecule has 0 heterocycles. The van der Waals surface area contributed by atoms with Crippen LogP contribution in [0.25, 0.3) is 0 Å². The molecule has 0 aliphatic carbocycles. The second kappa shape index (κ2) is 5.41. The van der Waals surface area contributed by atoms with Crippen molar-refractivity contribution in [2.24, 2.45) is 0 Å². The Morgan fingerprint density at radius 2 is 1.79 bits per heavy atom. The summed E-state index contributed by atoms with van der Waals surface area (Å²) in [6, 6.07) is 12.5. The first kappa shape index (κ1) is 13.6. The summed E-state index contributed by atoms with van der Waals surface area (Å²) in [6.07, 6.45) is -0.711. The minimum atomic E-state index is -0.711. The average molecular weight is 259 g/mol. The number of hydrogen-bond donors (Lipinski definition) is 1. The number of aliphatic hydroxyl groups excluding tert-OH is 1. The van der Waals surface area contributed by atoms with E-state index in [1.54, 1.807) is 13.0 Å². The van der Waals surface area contributed by atoms with Gasteiger partial charge in [-0.3, -0.25) is 0 Å². The van der Waals surface area contributed by atoms with Crippen molar-refractivity contribution in [2.45, 2.75) is 20.0 Å². The van der Waals surface area contributed by atoms with Gasteiger partial charge in [-0.1, -0.05) is 18.2 Å². The summed E-state index contributed by atoms with van der Waals surface area (Å²) in [5.41, 5.74) is 3.57. The van der Waals surface area contributed by atoms with E-state index in [0.717, 1.165) is 16.9 Å². The van der Waals surface area contributed by atoms with Crippen LogP contribution in [0.4, 0.5) is 15.8 Å². The molecule has 0 aromatic heterocycles. The van der Waals surface area contributed by atoms with Gasteiger partial charge < -0.3 is 10.0 Å². The van der Waals surface area contributed by atoms with Gasteiger partial charge in [-0.25, -0.2) is 4.39 Å². The third-order valence-corrected chi connectivity index (χ3v) is 3.28. The SMILES string of the molecule is Cc1ccccc1N(C)c1ccc(F)cc1C(C)O. The number of hydrogen-bond acceptors (Lipinski definition) is 2. The molecular weight excluding hydrogens is 241 g/mol. The molecule has 2 nitrogen and oxygen atoms in total. The van der Waals surface area contributed by atoms with Gasteiger partial charge in [-0.2, -0.15) is 0 Å². The molecule has 0 saturated carbocycles. The molecule has 0 aliphatic heterocycles. The van der Waals surface area contributed by atoms with Gasteiger partial charge in [0.25, 0.3) is 0 Å². The predicted octanol–water partition coefficient (Wildman–Crippen LogP) is 3.96. The number of para-hydroxylation sites is 1. The quantitative estimate of drug-likeness (QED) is 0.902. The van der Waals surface area contributed by atoms with E-state index >= 15 is 0 Å². The Hall–Kier alpha value is -1.87. The lowest BCUT2D eigenvalue weighted by Gasteiger charge is -2.25. The Bertz CT molecular complexity index is 581.